The summed E-state index contributed by atoms with van der Waals surface area (Å²) < 4.78 is 17.0. The first kappa shape index (κ1) is 20.4. The number of rotatable bonds is 7. The molecule has 1 heterocycles. The first-order chi connectivity index (χ1) is 11.1. The lowest BCUT2D eigenvalue weighted by atomic mass is 10.1. The van der Waals surface area contributed by atoms with Crippen LogP contribution in [0.15, 0.2) is 12.1 Å². The van der Waals surface area contributed by atoms with E-state index in [1.54, 1.807) is 17.0 Å². The molecule has 6 nitrogen and oxygen atoms in total. The smallest absolute Gasteiger partial charge is 0.254 e. The second-order valence-corrected chi connectivity index (χ2v) is 5.40. The molecule has 136 valence electrons. The minimum atomic E-state index is -0.0529. The number of carbonyl (C=O) groups is 1. The molecule has 0 aliphatic carbocycles. The Bertz CT molecular complexity index is 526. The maximum Gasteiger partial charge on any atom is 0.254 e. The zero-order valence-electron chi connectivity index (χ0n) is 14.5. The van der Waals surface area contributed by atoms with Crippen molar-refractivity contribution in [3.8, 4) is 17.2 Å². The number of nitrogens with zero attached hydrogens (tertiary/aromatic N) is 1. The minimum absolute atomic E-state index is 0. The average Bonchev–Trinajstić information content (AvgIpc) is 2.96. The van der Waals surface area contributed by atoms with Crippen molar-refractivity contribution >= 4 is 18.3 Å². The van der Waals surface area contributed by atoms with Crippen molar-refractivity contribution in [2.75, 3.05) is 32.9 Å². The summed E-state index contributed by atoms with van der Waals surface area (Å²) in [7, 11) is 0. The maximum atomic E-state index is 12.7. The number of benzene rings is 1. The van der Waals surface area contributed by atoms with Gasteiger partial charge < -0.3 is 24.8 Å². The van der Waals surface area contributed by atoms with Crippen LogP contribution in [0.2, 0.25) is 0 Å². The van der Waals surface area contributed by atoms with E-state index in [2.05, 4.69) is 0 Å². The molecule has 0 bridgehead atoms. The molecule has 1 aliphatic heterocycles. The van der Waals surface area contributed by atoms with Crippen LogP contribution in [0.3, 0.4) is 0 Å². The lowest BCUT2D eigenvalue weighted by Gasteiger charge is -2.20. The second kappa shape index (κ2) is 9.59. The Hall–Kier alpha value is -1.66. The van der Waals surface area contributed by atoms with Crippen molar-refractivity contribution in [1.82, 2.24) is 4.90 Å². The van der Waals surface area contributed by atoms with Gasteiger partial charge in [0.15, 0.2) is 11.5 Å². The molecule has 0 radical (unpaired) electrons. The topological polar surface area (TPSA) is 74.0 Å². The van der Waals surface area contributed by atoms with E-state index in [-0.39, 0.29) is 24.4 Å². The summed E-state index contributed by atoms with van der Waals surface area (Å²) in [5.74, 6) is 1.56. The number of amides is 1. The highest BCUT2D eigenvalue weighted by Crippen LogP contribution is 2.39. The Labute approximate surface area is 149 Å². The molecule has 24 heavy (non-hydrogen) atoms. The fraction of sp³-hybridized carbons (Fsp3) is 0.588. The van der Waals surface area contributed by atoms with Crippen LogP contribution in [0, 0.1) is 0 Å². The van der Waals surface area contributed by atoms with Gasteiger partial charge >= 0.3 is 0 Å². The van der Waals surface area contributed by atoms with Crippen LogP contribution in [0.1, 0.15) is 37.6 Å². The molecule has 1 unspecified atom stereocenters. The zero-order chi connectivity index (χ0) is 16.8. The van der Waals surface area contributed by atoms with Crippen molar-refractivity contribution in [2.24, 2.45) is 5.73 Å². The number of nitrogens with two attached hydrogens (primary N) is 1. The lowest BCUT2D eigenvalue weighted by molar-refractivity contribution is 0.0789. The van der Waals surface area contributed by atoms with E-state index < -0.39 is 0 Å². The van der Waals surface area contributed by atoms with E-state index in [1.807, 2.05) is 20.8 Å². The third-order valence-corrected chi connectivity index (χ3v) is 3.67. The van der Waals surface area contributed by atoms with Gasteiger partial charge in [-0.15, -0.1) is 12.4 Å². The molecule has 2 N–H and O–H groups in total. The van der Waals surface area contributed by atoms with Crippen LogP contribution < -0.4 is 19.9 Å². The van der Waals surface area contributed by atoms with Crippen LogP contribution in [-0.2, 0) is 0 Å². The average molecular weight is 359 g/mol. The Morgan fingerprint density at radius 1 is 1.12 bits per heavy atom. The molecular weight excluding hydrogens is 332 g/mol. The lowest BCUT2D eigenvalue weighted by Crippen LogP contribution is -2.31. The second-order valence-electron chi connectivity index (χ2n) is 5.40. The van der Waals surface area contributed by atoms with Gasteiger partial charge in [0.2, 0.25) is 5.75 Å². The fourth-order valence-electron chi connectivity index (χ4n) is 2.67. The van der Waals surface area contributed by atoms with Gasteiger partial charge in [0, 0.05) is 24.7 Å². The first-order valence-corrected chi connectivity index (χ1v) is 8.21. The van der Waals surface area contributed by atoms with Gasteiger partial charge in [0.05, 0.1) is 19.8 Å². The molecule has 1 fully saturated rings. The summed E-state index contributed by atoms with van der Waals surface area (Å²) in [5, 5.41) is 0. The van der Waals surface area contributed by atoms with Crippen LogP contribution in [-0.4, -0.2) is 49.8 Å². The molecule has 1 aromatic carbocycles. The summed E-state index contributed by atoms with van der Waals surface area (Å²) in [6.07, 6.45) is 0.833. The normalized spacial score (nSPS) is 16.5. The number of hydrogen-bond donors (Lipinski definition) is 1. The summed E-state index contributed by atoms with van der Waals surface area (Å²) in [5.41, 5.74) is 6.43. The predicted octanol–water partition coefficient (Wildman–Crippen LogP) is 2.48. The van der Waals surface area contributed by atoms with Crippen molar-refractivity contribution in [3.05, 3.63) is 17.7 Å². The van der Waals surface area contributed by atoms with Gasteiger partial charge in [-0.1, -0.05) is 0 Å². The fourth-order valence-corrected chi connectivity index (χ4v) is 2.67. The molecular formula is C17H27ClN2O4. The van der Waals surface area contributed by atoms with E-state index in [0.29, 0.717) is 55.7 Å². The Morgan fingerprint density at radius 2 is 1.67 bits per heavy atom. The summed E-state index contributed by atoms with van der Waals surface area (Å²) >= 11 is 0. The summed E-state index contributed by atoms with van der Waals surface area (Å²) in [6.45, 7) is 8.41. The number of hydrogen-bond acceptors (Lipinski definition) is 5. The molecule has 0 aromatic heterocycles. The molecule has 0 saturated carbocycles. The summed E-state index contributed by atoms with van der Waals surface area (Å²) in [4.78, 5) is 14.5. The molecule has 2 rings (SSSR count). The number of halogens is 1. The standard InChI is InChI=1S/C17H26N2O4.ClH/c1-4-21-14-9-12(17(20)19-8-7-13(18)11-19)10-15(22-5-2)16(14)23-6-3;/h9-10,13H,4-8,11,18H2,1-3H3;1H. The Balaban J connectivity index is 0.00000288. The summed E-state index contributed by atoms with van der Waals surface area (Å²) in [6, 6.07) is 3.51. The monoisotopic (exact) mass is 358 g/mol. The Kier molecular flexibility index (Phi) is 8.15. The molecule has 7 heteroatoms. The van der Waals surface area contributed by atoms with Gasteiger partial charge in [-0.05, 0) is 39.3 Å². The number of ether oxygens (including phenoxy) is 3. The SMILES string of the molecule is CCOc1cc(C(=O)N2CCC(N)C2)cc(OCC)c1OCC.Cl. The highest BCUT2D eigenvalue weighted by molar-refractivity contribution is 5.96. The molecule has 1 atom stereocenters. The highest BCUT2D eigenvalue weighted by atomic mass is 35.5. The third-order valence-electron chi connectivity index (χ3n) is 3.67. The van der Waals surface area contributed by atoms with Gasteiger partial charge in [-0.25, -0.2) is 0 Å². The third kappa shape index (κ3) is 4.68. The van der Waals surface area contributed by atoms with Crippen LogP contribution in [0.25, 0.3) is 0 Å². The Morgan fingerprint density at radius 3 is 2.08 bits per heavy atom. The minimum Gasteiger partial charge on any atom is -0.490 e. The van der Waals surface area contributed by atoms with Crippen molar-refractivity contribution in [3.63, 3.8) is 0 Å². The van der Waals surface area contributed by atoms with Gasteiger partial charge in [-0.3, -0.25) is 4.79 Å². The van der Waals surface area contributed by atoms with E-state index in [0.717, 1.165) is 6.42 Å². The number of carbonyl (C=O) groups excluding carboxylic acids is 1. The van der Waals surface area contributed by atoms with E-state index >= 15 is 0 Å². The molecule has 1 amide bonds. The molecule has 1 aliphatic rings. The first-order valence-electron chi connectivity index (χ1n) is 8.21. The van der Waals surface area contributed by atoms with Crippen molar-refractivity contribution < 1.29 is 19.0 Å². The molecule has 0 spiro atoms. The van der Waals surface area contributed by atoms with E-state index in [1.165, 1.54) is 0 Å². The maximum absolute atomic E-state index is 12.7. The molecule has 1 aromatic rings. The zero-order valence-corrected chi connectivity index (χ0v) is 15.4. The van der Waals surface area contributed by atoms with E-state index in [9.17, 15) is 4.79 Å². The van der Waals surface area contributed by atoms with Crippen LogP contribution >= 0.6 is 12.4 Å². The molecule has 1 saturated heterocycles. The predicted molar refractivity (Wildman–Crippen MR) is 95.7 cm³/mol. The van der Waals surface area contributed by atoms with E-state index in [4.69, 9.17) is 19.9 Å². The van der Waals surface area contributed by atoms with Crippen molar-refractivity contribution in [1.29, 1.82) is 0 Å². The van der Waals surface area contributed by atoms with Gasteiger partial charge in [-0.2, -0.15) is 0 Å². The quantitative estimate of drug-likeness (QED) is 0.810. The van der Waals surface area contributed by atoms with Crippen molar-refractivity contribution in [2.45, 2.75) is 33.2 Å². The number of likely N-dealkylation sites (tertiary alicyclic amines) is 1. The van der Waals surface area contributed by atoms with Gasteiger partial charge in [0.1, 0.15) is 0 Å². The largest absolute Gasteiger partial charge is 0.490 e. The highest BCUT2D eigenvalue weighted by Gasteiger charge is 2.26. The van der Waals surface area contributed by atoms with Crippen LogP contribution in [0.4, 0.5) is 0 Å². The van der Waals surface area contributed by atoms with Crippen LogP contribution in [0.5, 0.6) is 17.2 Å². The van der Waals surface area contributed by atoms with Gasteiger partial charge in [0.25, 0.3) is 5.91 Å².